The molecule has 0 aliphatic rings. The maximum atomic E-state index is 11.5. The molecule has 104 valence electrons. The topological polar surface area (TPSA) is 44.8 Å². The molecule has 4 heteroatoms. The van der Waals surface area contributed by atoms with Crippen LogP contribution in [0, 0.1) is 0 Å². The van der Waals surface area contributed by atoms with Gasteiger partial charge in [0.05, 0.1) is 25.9 Å². The standard InChI is InChI=1S/C15H20O4/c1-3-9-18-10-6-11-19-12-13-7-4-5-8-14(13)15(16)17-2/h3-5,7-8H,1,6,9-12H2,2H3. The first-order valence-electron chi connectivity index (χ1n) is 6.22. The van der Waals surface area contributed by atoms with Crippen molar-refractivity contribution in [1.29, 1.82) is 0 Å². The number of rotatable bonds is 9. The van der Waals surface area contributed by atoms with E-state index in [2.05, 4.69) is 6.58 Å². The van der Waals surface area contributed by atoms with Crippen LogP contribution in [0.25, 0.3) is 0 Å². The average molecular weight is 264 g/mol. The largest absolute Gasteiger partial charge is 0.465 e. The highest BCUT2D eigenvalue weighted by Gasteiger charge is 2.10. The van der Waals surface area contributed by atoms with Crippen LogP contribution in [0.2, 0.25) is 0 Å². The molecule has 0 unspecified atom stereocenters. The molecule has 1 rings (SSSR count). The smallest absolute Gasteiger partial charge is 0.338 e. The van der Waals surface area contributed by atoms with Crippen LogP contribution in [0.15, 0.2) is 36.9 Å². The summed E-state index contributed by atoms with van der Waals surface area (Å²) in [6.07, 6.45) is 2.53. The zero-order chi connectivity index (χ0) is 13.9. The monoisotopic (exact) mass is 264 g/mol. The van der Waals surface area contributed by atoms with Crippen LogP contribution in [0.3, 0.4) is 0 Å². The normalized spacial score (nSPS) is 10.2. The van der Waals surface area contributed by atoms with Crippen molar-refractivity contribution in [2.45, 2.75) is 13.0 Å². The van der Waals surface area contributed by atoms with Crippen molar-refractivity contribution >= 4 is 5.97 Å². The van der Waals surface area contributed by atoms with Crippen molar-refractivity contribution in [3.63, 3.8) is 0 Å². The van der Waals surface area contributed by atoms with Gasteiger partial charge in [-0.1, -0.05) is 24.3 Å². The number of methoxy groups -OCH3 is 1. The predicted octanol–water partition coefficient (Wildman–Crippen LogP) is 2.58. The van der Waals surface area contributed by atoms with Crippen LogP contribution >= 0.6 is 0 Å². The fraction of sp³-hybridized carbons (Fsp3) is 0.400. The molecule has 1 aromatic carbocycles. The minimum atomic E-state index is -0.339. The van der Waals surface area contributed by atoms with Crippen LogP contribution in [-0.4, -0.2) is 32.9 Å². The van der Waals surface area contributed by atoms with E-state index >= 15 is 0 Å². The van der Waals surface area contributed by atoms with Crippen LogP contribution in [0.5, 0.6) is 0 Å². The minimum Gasteiger partial charge on any atom is -0.465 e. The van der Waals surface area contributed by atoms with Gasteiger partial charge in [0.2, 0.25) is 0 Å². The molecule has 0 aliphatic carbocycles. The molecule has 0 saturated carbocycles. The molecule has 1 aromatic rings. The Bertz CT molecular complexity index is 401. The van der Waals surface area contributed by atoms with Gasteiger partial charge in [0, 0.05) is 13.2 Å². The Labute approximate surface area is 114 Å². The fourth-order valence-electron chi connectivity index (χ4n) is 1.57. The summed E-state index contributed by atoms with van der Waals surface area (Å²) in [5.74, 6) is -0.339. The van der Waals surface area contributed by atoms with Crippen molar-refractivity contribution in [1.82, 2.24) is 0 Å². The van der Waals surface area contributed by atoms with E-state index in [9.17, 15) is 4.79 Å². The molecular weight excluding hydrogens is 244 g/mol. The lowest BCUT2D eigenvalue weighted by Crippen LogP contribution is -2.07. The lowest BCUT2D eigenvalue weighted by Gasteiger charge is -2.08. The molecule has 4 nitrogen and oxygen atoms in total. The second-order valence-electron chi connectivity index (χ2n) is 3.92. The Balaban J connectivity index is 2.33. The van der Waals surface area contributed by atoms with Crippen LogP contribution < -0.4 is 0 Å². The molecule has 0 aromatic heterocycles. The lowest BCUT2D eigenvalue weighted by molar-refractivity contribution is 0.0586. The summed E-state index contributed by atoms with van der Waals surface area (Å²) in [7, 11) is 1.37. The van der Waals surface area contributed by atoms with E-state index in [0.717, 1.165) is 12.0 Å². The van der Waals surface area contributed by atoms with Gasteiger partial charge in [-0.15, -0.1) is 6.58 Å². The van der Waals surface area contributed by atoms with E-state index in [1.165, 1.54) is 7.11 Å². The van der Waals surface area contributed by atoms with E-state index in [1.54, 1.807) is 18.2 Å². The number of carbonyl (C=O) groups excluding carboxylic acids is 1. The molecule has 0 spiro atoms. The predicted molar refractivity (Wildman–Crippen MR) is 73.1 cm³/mol. The summed E-state index contributed by atoms with van der Waals surface area (Å²) < 4.78 is 15.5. The molecule has 0 atom stereocenters. The summed E-state index contributed by atoms with van der Waals surface area (Å²) >= 11 is 0. The highest BCUT2D eigenvalue weighted by atomic mass is 16.5. The molecule has 0 N–H and O–H groups in total. The first kappa shape index (κ1) is 15.4. The molecular formula is C15H20O4. The van der Waals surface area contributed by atoms with Gasteiger partial charge in [0.15, 0.2) is 0 Å². The Morgan fingerprint density at radius 1 is 1.26 bits per heavy atom. The van der Waals surface area contributed by atoms with Gasteiger partial charge >= 0.3 is 5.97 Å². The Morgan fingerprint density at radius 3 is 2.74 bits per heavy atom. The summed E-state index contributed by atoms with van der Waals surface area (Å²) in [6, 6.07) is 7.27. The third-order valence-corrected chi connectivity index (χ3v) is 2.49. The second kappa shape index (κ2) is 9.30. The number of benzene rings is 1. The van der Waals surface area contributed by atoms with E-state index in [-0.39, 0.29) is 5.97 Å². The van der Waals surface area contributed by atoms with Crippen molar-refractivity contribution in [3.05, 3.63) is 48.0 Å². The maximum Gasteiger partial charge on any atom is 0.338 e. The Kier molecular flexibility index (Phi) is 7.54. The van der Waals surface area contributed by atoms with Crippen molar-refractivity contribution in [3.8, 4) is 0 Å². The summed E-state index contributed by atoms with van der Waals surface area (Å²) in [6.45, 7) is 5.76. The van der Waals surface area contributed by atoms with Crippen molar-refractivity contribution in [2.75, 3.05) is 26.9 Å². The van der Waals surface area contributed by atoms with Gasteiger partial charge in [0.1, 0.15) is 0 Å². The fourth-order valence-corrected chi connectivity index (χ4v) is 1.57. The van der Waals surface area contributed by atoms with Gasteiger partial charge < -0.3 is 14.2 Å². The zero-order valence-corrected chi connectivity index (χ0v) is 11.3. The molecule has 0 amide bonds. The molecule has 0 heterocycles. The van der Waals surface area contributed by atoms with Crippen LogP contribution in [0.1, 0.15) is 22.3 Å². The summed E-state index contributed by atoms with van der Waals surface area (Å²) in [5, 5.41) is 0. The van der Waals surface area contributed by atoms with E-state index < -0.39 is 0 Å². The van der Waals surface area contributed by atoms with E-state index in [4.69, 9.17) is 14.2 Å². The van der Waals surface area contributed by atoms with Crippen LogP contribution in [-0.2, 0) is 20.8 Å². The molecule has 0 fully saturated rings. The first-order chi connectivity index (χ1) is 9.29. The third kappa shape index (κ3) is 5.68. The molecule has 19 heavy (non-hydrogen) atoms. The molecule has 0 radical (unpaired) electrons. The van der Waals surface area contributed by atoms with Gasteiger partial charge in [-0.05, 0) is 18.1 Å². The maximum absolute atomic E-state index is 11.5. The third-order valence-electron chi connectivity index (χ3n) is 2.49. The van der Waals surface area contributed by atoms with Gasteiger partial charge in [0.25, 0.3) is 0 Å². The quantitative estimate of drug-likeness (QED) is 0.390. The number of carbonyl (C=O) groups is 1. The average Bonchev–Trinajstić information content (AvgIpc) is 2.46. The SMILES string of the molecule is C=CCOCCCOCc1ccccc1C(=O)OC. The van der Waals surface area contributed by atoms with Crippen molar-refractivity contribution < 1.29 is 19.0 Å². The lowest BCUT2D eigenvalue weighted by atomic mass is 10.1. The summed E-state index contributed by atoms with van der Waals surface area (Å²) in [4.78, 5) is 11.5. The van der Waals surface area contributed by atoms with Crippen LogP contribution in [0.4, 0.5) is 0 Å². The number of esters is 1. The number of ether oxygens (including phenoxy) is 3. The van der Waals surface area contributed by atoms with Gasteiger partial charge in [-0.2, -0.15) is 0 Å². The van der Waals surface area contributed by atoms with E-state index in [1.807, 2.05) is 12.1 Å². The molecule has 0 bridgehead atoms. The van der Waals surface area contributed by atoms with Gasteiger partial charge in [-0.3, -0.25) is 0 Å². The Morgan fingerprint density at radius 2 is 2.00 bits per heavy atom. The van der Waals surface area contributed by atoms with Gasteiger partial charge in [-0.25, -0.2) is 4.79 Å². The highest BCUT2D eigenvalue weighted by Crippen LogP contribution is 2.11. The molecule has 0 saturated heterocycles. The Hall–Kier alpha value is -1.65. The van der Waals surface area contributed by atoms with E-state index in [0.29, 0.717) is 32.0 Å². The van der Waals surface area contributed by atoms with Crippen molar-refractivity contribution in [2.24, 2.45) is 0 Å². The number of hydrogen-bond donors (Lipinski definition) is 0. The summed E-state index contributed by atoms with van der Waals surface area (Å²) in [5.41, 5.74) is 1.38. The zero-order valence-electron chi connectivity index (χ0n) is 11.3. The highest BCUT2D eigenvalue weighted by molar-refractivity contribution is 5.90. The number of hydrogen-bond acceptors (Lipinski definition) is 4. The molecule has 0 aliphatic heterocycles. The first-order valence-corrected chi connectivity index (χ1v) is 6.22. The minimum absolute atomic E-state index is 0.339. The second-order valence-corrected chi connectivity index (χ2v) is 3.92.